The Kier molecular flexibility index (Phi) is 5.18. The molecule has 2 aromatic carbocycles. The molecule has 6 nitrogen and oxygen atoms in total. The number of anilines is 1. The molecule has 0 fully saturated rings. The zero-order valence-electron chi connectivity index (χ0n) is 16.3. The standard InChI is InChI=1S/C21H18N2O4S3/c1-11-22-20-18(30-11)8-14(12-3-6-29-21(12)20)27-10-19(24)23-13-7-15-16(9-17(13)28-2)26-5-4-25-15/h3,6-9H,4-5,10H2,1-2H3,(H,23,24). The molecular weight excluding hydrogens is 440 g/mol. The van der Waals surface area contributed by atoms with E-state index in [4.69, 9.17) is 14.2 Å². The Bertz CT molecular complexity index is 1260. The number of aryl methyl sites for hydroxylation is 1. The van der Waals surface area contributed by atoms with Crippen LogP contribution in [0.2, 0.25) is 0 Å². The molecule has 5 rings (SSSR count). The lowest BCUT2D eigenvalue weighted by molar-refractivity contribution is -0.118. The Morgan fingerprint density at radius 2 is 2.07 bits per heavy atom. The van der Waals surface area contributed by atoms with Gasteiger partial charge in [0.2, 0.25) is 0 Å². The number of hydrogen-bond acceptors (Lipinski definition) is 8. The van der Waals surface area contributed by atoms with Gasteiger partial charge in [-0.1, -0.05) is 0 Å². The van der Waals surface area contributed by atoms with Gasteiger partial charge in [0, 0.05) is 22.4 Å². The fourth-order valence-electron chi connectivity index (χ4n) is 3.37. The highest BCUT2D eigenvalue weighted by atomic mass is 32.2. The van der Waals surface area contributed by atoms with E-state index in [1.54, 1.807) is 22.7 Å². The first-order chi connectivity index (χ1) is 14.6. The van der Waals surface area contributed by atoms with Gasteiger partial charge < -0.3 is 19.5 Å². The van der Waals surface area contributed by atoms with Crippen LogP contribution in [0.4, 0.5) is 5.69 Å². The zero-order valence-corrected chi connectivity index (χ0v) is 18.8. The van der Waals surface area contributed by atoms with Crippen LogP contribution >= 0.6 is 34.4 Å². The number of carbonyl (C=O) groups is 1. The van der Waals surface area contributed by atoms with E-state index in [9.17, 15) is 4.79 Å². The number of hydrogen-bond donors (Lipinski definition) is 1. The van der Waals surface area contributed by atoms with Crippen LogP contribution in [0.1, 0.15) is 5.01 Å². The highest BCUT2D eigenvalue weighted by molar-refractivity contribution is 7.98. The summed E-state index contributed by atoms with van der Waals surface area (Å²) < 4.78 is 19.3. The van der Waals surface area contributed by atoms with E-state index in [2.05, 4.69) is 10.3 Å². The predicted octanol–water partition coefficient (Wildman–Crippen LogP) is 5.33. The molecule has 4 aromatic rings. The average Bonchev–Trinajstić information content (AvgIpc) is 3.37. The minimum atomic E-state index is -0.231. The molecule has 0 saturated heterocycles. The minimum Gasteiger partial charge on any atom is -0.486 e. The molecule has 0 atom stereocenters. The zero-order chi connectivity index (χ0) is 20.7. The fraction of sp³-hybridized carbons (Fsp3) is 0.238. The van der Waals surface area contributed by atoms with Gasteiger partial charge >= 0.3 is 0 Å². The number of fused-ring (bicyclic) bond motifs is 4. The average molecular weight is 459 g/mol. The second-order valence-corrected chi connectivity index (χ2v) is 9.65. The van der Waals surface area contributed by atoms with E-state index in [1.165, 1.54) is 11.8 Å². The molecule has 1 amide bonds. The van der Waals surface area contributed by atoms with Gasteiger partial charge in [-0.2, -0.15) is 0 Å². The van der Waals surface area contributed by atoms with Crippen LogP contribution in [0.3, 0.4) is 0 Å². The molecule has 154 valence electrons. The quantitative estimate of drug-likeness (QED) is 0.408. The molecule has 3 heterocycles. The normalized spacial score (nSPS) is 13.0. The molecule has 9 heteroatoms. The van der Waals surface area contributed by atoms with E-state index in [0.717, 1.165) is 30.2 Å². The van der Waals surface area contributed by atoms with Crippen molar-refractivity contribution in [2.75, 3.05) is 31.4 Å². The van der Waals surface area contributed by atoms with Gasteiger partial charge in [-0.25, -0.2) is 4.98 Å². The van der Waals surface area contributed by atoms with E-state index < -0.39 is 0 Å². The molecule has 0 unspecified atom stereocenters. The van der Waals surface area contributed by atoms with Crippen LogP contribution < -0.4 is 19.5 Å². The number of thiazole rings is 1. The summed E-state index contributed by atoms with van der Waals surface area (Å²) in [7, 11) is 0. The highest BCUT2D eigenvalue weighted by Gasteiger charge is 2.18. The molecule has 0 spiro atoms. The van der Waals surface area contributed by atoms with Gasteiger partial charge in [0.1, 0.15) is 19.0 Å². The number of nitrogens with zero attached hydrogens (tertiary/aromatic N) is 1. The van der Waals surface area contributed by atoms with Crippen LogP contribution in [-0.2, 0) is 4.79 Å². The summed E-state index contributed by atoms with van der Waals surface area (Å²) in [5.74, 6) is 1.81. The Hall–Kier alpha value is -2.49. The molecule has 0 aliphatic carbocycles. The Morgan fingerprint density at radius 1 is 1.27 bits per heavy atom. The molecule has 1 aliphatic heterocycles. The summed E-state index contributed by atoms with van der Waals surface area (Å²) in [6, 6.07) is 7.68. The summed E-state index contributed by atoms with van der Waals surface area (Å²) in [5.41, 5.74) is 1.69. The lowest BCUT2D eigenvalue weighted by atomic mass is 10.2. The van der Waals surface area contributed by atoms with Crippen molar-refractivity contribution in [3.63, 3.8) is 0 Å². The minimum absolute atomic E-state index is 0.0868. The number of ether oxygens (including phenoxy) is 3. The third-order valence-corrected chi connectivity index (χ3v) is 7.28. The van der Waals surface area contributed by atoms with Gasteiger partial charge in [-0.15, -0.1) is 34.4 Å². The monoisotopic (exact) mass is 458 g/mol. The lowest BCUT2D eigenvalue weighted by Gasteiger charge is -2.21. The SMILES string of the molecule is CSc1cc2c(cc1NC(=O)COc1cc3sc(C)nc3c3sccc13)OCCO2. The van der Waals surface area contributed by atoms with Crippen molar-refractivity contribution in [3.8, 4) is 17.2 Å². The summed E-state index contributed by atoms with van der Waals surface area (Å²) in [4.78, 5) is 18.2. The first kappa shape index (κ1) is 19.5. The van der Waals surface area contributed by atoms with Gasteiger partial charge in [0.15, 0.2) is 18.1 Å². The van der Waals surface area contributed by atoms with Crippen LogP contribution in [0.15, 0.2) is 34.5 Å². The largest absolute Gasteiger partial charge is 0.486 e. The van der Waals surface area contributed by atoms with Crippen molar-refractivity contribution in [1.29, 1.82) is 0 Å². The molecule has 2 aromatic heterocycles. The number of benzene rings is 2. The molecule has 0 bridgehead atoms. The first-order valence-corrected chi connectivity index (χ1v) is 12.2. The van der Waals surface area contributed by atoms with Crippen LogP contribution in [0.5, 0.6) is 17.2 Å². The number of thiophene rings is 1. The van der Waals surface area contributed by atoms with E-state index in [1.807, 2.05) is 42.8 Å². The van der Waals surface area contributed by atoms with Crippen molar-refractivity contribution in [2.45, 2.75) is 11.8 Å². The molecule has 30 heavy (non-hydrogen) atoms. The molecule has 0 radical (unpaired) electrons. The fourth-order valence-corrected chi connectivity index (χ4v) is 5.76. The molecule has 1 aliphatic rings. The Morgan fingerprint density at radius 3 is 2.87 bits per heavy atom. The van der Waals surface area contributed by atoms with Crippen LogP contribution in [0, 0.1) is 6.92 Å². The number of carbonyl (C=O) groups excluding carboxylic acids is 1. The highest BCUT2D eigenvalue weighted by Crippen LogP contribution is 2.40. The smallest absolute Gasteiger partial charge is 0.262 e. The van der Waals surface area contributed by atoms with Crippen molar-refractivity contribution in [1.82, 2.24) is 4.98 Å². The van der Waals surface area contributed by atoms with Crippen molar-refractivity contribution in [2.24, 2.45) is 0 Å². The summed E-state index contributed by atoms with van der Waals surface area (Å²) >= 11 is 4.80. The number of amides is 1. The summed E-state index contributed by atoms with van der Waals surface area (Å²) in [5, 5.41) is 6.95. The number of aromatic nitrogens is 1. The van der Waals surface area contributed by atoms with Crippen molar-refractivity contribution in [3.05, 3.63) is 34.7 Å². The maximum atomic E-state index is 12.6. The van der Waals surface area contributed by atoms with Crippen LogP contribution in [0.25, 0.3) is 20.3 Å². The maximum absolute atomic E-state index is 12.6. The van der Waals surface area contributed by atoms with Crippen molar-refractivity contribution >= 4 is 66.3 Å². The number of rotatable bonds is 5. The predicted molar refractivity (Wildman–Crippen MR) is 123 cm³/mol. The van der Waals surface area contributed by atoms with E-state index in [-0.39, 0.29) is 12.5 Å². The second kappa shape index (κ2) is 7.98. The Labute approximate surface area is 185 Å². The topological polar surface area (TPSA) is 69.7 Å². The molecule has 0 saturated carbocycles. The summed E-state index contributed by atoms with van der Waals surface area (Å²) in [6.45, 7) is 2.94. The first-order valence-electron chi connectivity index (χ1n) is 9.30. The Balaban J connectivity index is 1.36. The van der Waals surface area contributed by atoms with E-state index in [0.29, 0.717) is 36.1 Å². The van der Waals surface area contributed by atoms with Gasteiger partial charge in [-0.05, 0) is 30.7 Å². The maximum Gasteiger partial charge on any atom is 0.262 e. The third-order valence-electron chi connectivity index (χ3n) is 4.67. The number of thioether (sulfide) groups is 1. The second-order valence-electron chi connectivity index (χ2n) is 6.65. The van der Waals surface area contributed by atoms with Crippen molar-refractivity contribution < 1.29 is 19.0 Å². The van der Waals surface area contributed by atoms with Gasteiger partial charge in [0.05, 0.1) is 25.6 Å². The van der Waals surface area contributed by atoms with Gasteiger partial charge in [-0.3, -0.25) is 4.79 Å². The van der Waals surface area contributed by atoms with Gasteiger partial charge in [0.25, 0.3) is 5.91 Å². The molecule has 1 N–H and O–H groups in total. The molecular formula is C21H18N2O4S3. The van der Waals surface area contributed by atoms with E-state index >= 15 is 0 Å². The third kappa shape index (κ3) is 3.57. The summed E-state index contributed by atoms with van der Waals surface area (Å²) in [6.07, 6.45) is 1.96. The van der Waals surface area contributed by atoms with Crippen LogP contribution in [-0.4, -0.2) is 37.0 Å². The lowest BCUT2D eigenvalue weighted by Crippen LogP contribution is -2.21. The number of nitrogens with one attached hydrogen (secondary N) is 1.